The van der Waals surface area contributed by atoms with Crippen LogP contribution in [0.5, 0.6) is 0 Å². The maximum Gasteiger partial charge on any atom is 0.243 e. The van der Waals surface area contributed by atoms with Crippen LogP contribution < -0.4 is 4.72 Å². The third kappa shape index (κ3) is 4.02. The molecule has 1 aliphatic carbocycles. The van der Waals surface area contributed by atoms with Crippen LogP contribution in [0.4, 0.5) is 4.39 Å². The van der Waals surface area contributed by atoms with E-state index in [-0.39, 0.29) is 12.0 Å². The predicted molar refractivity (Wildman–Crippen MR) is 78.7 cm³/mol. The molecule has 0 radical (unpaired) electrons. The molecule has 0 spiro atoms. The Labute approximate surface area is 125 Å². The minimum atomic E-state index is -3.90. The van der Waals surface area contributed by atoms with E-state index < -0.39 is 20.7 Å². The standard InChI is InChI=1S/C15H22FNO3S/c1-15(7-3-2-4-8-15)11-17-21(19,20)14-9-12(10-18)5-6-13(14)16/h5-6,9,17-18H,2-4,7-8,10-11H2,1H3. The van der Waals surface area contributed by atoms with Crippen molar-refractivity contribution in [3.63, 3.8) is 0 Å². The van der Waals surface area contributed by atoms with E-state index in [9.17, 15) is 12.8 Å². The number of nitrogens with one attached hydrogen (secondary N) is 1. The first-order valence-electron chi connectivity index (χ1n) is 7.25. The SMILES string of the molecule is CC1(CNS(=O)(=O)c2cc(CO)ccc2F)CCCCC1. The summed E-state index contributed by atoms with van der Waals surface area (Å²) in [6, 6.07) is 3.63. The van der Waals surface area contributed by atoms with Gasteiger partial charge in [-0.3, -0.25) is 0 Å². The van der Waals surface area contributed by atoms with E-state index in [2.05, 4.69) is 11.6 Å². The van der Waals surface area contributed by atoms with E-state index in [4.69, 9.17) is 5.11 Å². The Hall–Kier alpha value is -0.980. The second kappa shape index (κ2) is 6.42. The van der Waals surface area contributed by atoms with Crippen molar-refractivity contribution >= 4 is 10.0 Å². The molecule has 2 rings (SSSR count). The predicted octanol–water partition coefficient (Wildman–Crippen LogP) is 2.57. The molecule has 118 valence electrons. The molecule has 0 aliphatic heterocycles. The molecule has 6 heteroatoms. The van der Waals surface area contributed by atoms with E-state index in [0.29, 0.717) is 12.1 Å². The fourth-order valence-electron chi connectivity index (χ4n) is 2.78. The molecule has 0 bridgehead atoms. The van der Waals surface area contributed by atoms with Crippen molar-refractivity contribution in [3.05, 3.63) is 29.6 Å². The molecule has 1 aromatic rings. The first kappa shape index (κ1) is 16.4. The van der Waals surface area contributed by atoms with Gasteiger partial charge in [-0.1, -0.05) is 32.3 Å². The van der Waals surface area contributed by atoms with E-state index in [1.807, 2.05) is 0 Å². The summed E-state index contributed by atoms with van der Waals surface area (Å²) in [5.74, 6) is -0.798. The lowest BCUT2D eigenvalue weighted by atomic mass is 9.76. The fraction of sp³-hybridized carbons (Fsp3) is 0.600. The molecule has 0 atom stereocenters. The smallest absolute Gasteiger partial charge is 0.243 e. The van der Waals surface area contributed by atoms with Crippen LogP contribution in [0.25, 0.3) is 0 Å². The molecule has 4 nitrogen and oxygen atoms in total. The highest BCUT2D eigenvalue weighted by Gasteiger charge is 2.29. The molecule has 0 unspecified atom stereocenters. The molecule has 1 aromatic carbocycles. The molecule has 0 amide bonds. The number of hydrogen-bond acceptors (Lipinski definition) is 3. The molecule has 1 saturated carbocycles. The summed E-state index contributed by atoms with van der Waals surface area (Å²) in [5.41, 5.74) is 0.316. The monoisotopic (exact) mass is 315 g/mol. The Bertz CT molecular complexity index is 595. The zero-order valence-electron chi connectivity index (χ0n) is 12.2. The van der Waals surface area contributed by atoms with Crippen molar-refractivity contribution < 1.29 is 17.9 Å². The normalized spacial score (nSPS) is 18.6. The van der Waals surface area contributed by atoms with Crippen LogP contribution in [0.1, 0.15) is 44.6 Å². The minimum absolute atomic E-state index is 0.0591. The molecule has 0 aromatic heterocycles. The number of halogens is 1. The maximum atomic E-state index is 13.8. The number of aliphatic hydroxyl groups is 1. The van der Waals surface area contributed by atoms with Gasteiger partial charge in [0.2, 0.25) is 10.0 Å². The molecule has 21 heavy (non-hydrogen) atoms. The molecular formula is C15H22FNO3S. The lowest BCUT2D eigenvalue weighted by molar-refractivity contribution is 0.219. The van der Waals surface area contributed by atoms with Gasteiger partial charge in [-0.05, 0) is 36.0 Å². The number of benzene rings is 1. The molecular weight excluding hydrogens is 293 g/mol. The molecule has 0 saturated heterocycles. The Kier molecular flexibility index (Phi) is 5.01. The van der Waals surface area contributed by atoms with Crippen LogP contribution in [-0.4, -0.2) is 20.1 Å². The zero-order valence-corrected chi connectivity index (χ0v) is 13.0. The third-order valence-corrected chi connectivity index (χ3v) is 5.63. The second-order valence-corrected chi connectivity index (χ2v) is 7.85. The van der Waals surface area contributed by atoms with Crippen LogP contribution in [0.2, 0.25) is 0 Å². The van der Waals surface area contributed by atoms with E-state index >= 15 is 0 Å². The Morgan fingerprint density at radius 1 is 1.29 bits per heavy atom. The van der Waals surface area contributed by atoms with Crippen LogP contribution in [-0.2, 0) is 16.6 Å². The summed E-state index contributed by atoms with van der Waals surface area (Å²) < 4.78 is 40.8. The quantitative estimate of drug-likeness (QED) is 0.877. The highest BCUT2D eigenvalue weighted by Crippen LogP contribution is 2.35. The number of aliphatic hydroxyl groups excluding tert-OH is 1. The van der Waals surface area contributed by atoms with Gasteiger partial charge in [0.25, 0.3) is 0 Å². The van der Waals surface area contributed by atoms with Crippen molar-refractivity contribution in [3.8, 4) is 0 Å². The van der Waals surface area contributed by atoms with E-state index in [1.165, 1.54) is 18.6 Å². The highest BCUT2D eigenvalue weighted by molar-refractivity contribution is 7.89. The van der Waals surface area contributed by atoms with E-state index in [1.54, 1.807) is 0 Å². The number of rotatable bonds is 5. The Morgan fingerprint density at radius 3 is 2.57 bits per heavy atom. The summed E-state index contributed by atoms with van der Waals surface area (Å²) in [6.45, 7) is 2.06. The van der Waals surface area contributed by atoms with Gasteiger partial charge in [0.1, 0.15) is 10.7 Å². The average Bonchev–Trinajstić information content (AvgIpc) is 2.47. The van der Waals surface area contributed by atoms with Gasteiger partial charge in [0.15, 0.2) is 0 Å². The van der Waals surface area contributed by atoms with Gasteiger partial charge in [-0.15, -0.1) is 0 Å². The van der Waals surface area contributed by atoms with Crippen LogP contribution in [0, 0.1) is 11.2 Å². The summed E-state index contributed by atoms with van der Waals surface area (Å²) in [5, 5.41) is 9.06. The second-order valence-electron chi connectivity index (χ2n) is 6.12. The van der Waals surface area contributed by atoms with Crippen molar-refractivity contribution in [2.75, 3.05) is 6.54 Å². The van der Waals surface area contributed by atoms with E-state index in [0.717, 1.165) is 31.7 Å². The van der Waals surface area contributed by atoms with Gasteiger partial charge in [-0.2, -0.15) is 0 Å². The highest BCUT2D eigenvalue weighted by atomic mass is 32.2. The summed E-state index contributed by atoms with van der Waals surface area (Å²) >= 11 is 0. The first-order valence-corrected chi connectivity index (χ1v) is 8.74. The van der Waals surface area contributed by atoms with Crippen molar-refractivity contribution in [1.82, 2.24) is 4.72 Å². The van der Waals surface area contributed by atoms with Gasteiger partial charge in [0.05, 0.1) is 6.61 Å². The topological polar surface area (TPSA) is 66.4 Å². The van der Waals surface area contributed by atoms with Crippen molar-refractivity contribution in [2.45, 2.75) is 50.5 Å². The average molecular weight is 315 g/mol. The largest absolute Gasteiger partial charge is 0.392 e. The van der Waals surface area contributed by atoms with Gasteiger partial charge in [0, 0.05) is 6.54 Å². The molecule has 1 aliphatic rings. The zero-order chi connectivity index (χ0) is 15.5. The van der Waals surface area contributed by atoms with Crippen molar-refractivity contribution in [1.29, 1.82) is 0 Å². The molecule has 2 N–H and O–H groups in total. The lowest BCUT2D eigenvalue weighted by Gasteiger charge is -2.33. The number of sulfonamides is 1. The van der Waals surface area contributed by atoms with Gasteiger partial charge >= 0.3 is 0 Å². The summed E-state index contributed by atoms with van der Waals surface area (Å²) in [6.07, 6.45) is 5.36. The third-order valence-electron chi connectivity index (χ3n) is 4.22. The Morgan fingerprint density at radius 2 is 1.95 bits per heavy atom. The fourth-order valence-corrected chi connectivity index (χ4v) is 4.11. The molecule has 0 heterocycles. The van der Waals surface area contributed by atoms with Crippen LogP contribution in [0.3, 0.4) is 0 Å². The minimum Gasteiger partial charge on any atom is -0.392 e. The van der Waals surface area contributed by atoms with Crippen LogP contribution >= 0.6 is 0 Å². The molecule has 1 fully saturated rings. The van der Waals surface area contributed by atoms with Gasteiger partial charge < -0.3 is 5.11 Å². The summed E-state index contributed by atoms with van der Waals surface area (Å²) in [7, 11) is -3.90. The Balaban J connectivity index is 2.15. The summed E-state index contributed by atoms with van der Waals surface area (Å²) in [4.78, 5) is -0.395. The van der Waals surface area contributed by atoms with Crippen molar-refractivity contribution in [2.24, 2.45) is 5.41 Å². The van der Waals surface area contributed by atoms with Gasteiger partial charge in [-0.25, -0.2) is 17.5 Å². The lowest BCUT2D eigenvalue weighted by Crippen LogP contribution is -2.37. The maximum absolute atomic E-state index is 13.8. The number of hydrogen-bond donors (Lipinski definition) is 2. The van der Waals surface area contributed by atoms with Crippen LogP contribution in [0.15, 0.2) is 23.1 Å². The first-order chi connectivity index (χ1) is 9.86.